The molecule has 0 bridgehead atoms. The van der Waals surface area contributed by atoms with Crippen LogP contribution in [0.2, 0.25) is 0 Å². The van der Waals surface area contributed by atoms with Crippen molar-refractivity contribution >= 4 is 22.8 Å². The van der Waals surface area contributed by atoms with Crippen LogP contribution in [-0.2, 0) is 22.7 Å². The van der Waals surface area contributed by atoms with Crippen molar-refractivity contribution in [2.45, 2.75) is 66.2 Å². The Hall–Kier alpha value is -2.37. The van der Waals surface area contributed by atoms with Crippen molar-refractivity contribution in [1.82, 2.24) is 19.8 Å². The van der Waals surface area contributed by atoms with Gasteiger partial charge in [0.1, 0.15) is 12.4 Å². The molecule has 0 unspecified atom stereocenters. The summed E-state index contributed by atoms with van der Waals surface area (Å²) >= 11 is 0. The highest BCUT2D eigenvalue weighted by atomic mass is 16.2. The highest BCUT2D eigenvalue weighted by molar-refractivity contribution is 5.82. The van der Waals surface area contributed by atoms with E-state index in [1.165, 1.54) is 0 Å². The van der Waals surface area contributed by atoms with Crippen molar-refractivity contribution in [3.8, 4) is 0 Å². The number of nitrogens with one attached hydrogen (secondary N) is 1. The number of benzene rings is 1. The molecule has 136 valence electrons. The highest BCUT2D eigenvalue weighted by Gasteiger charge is 2.22. The third-order valence-electron chi connectivity index (χ3n) is 4.19. The average molecular weight is 344 g/mol. The van der Waals surface area contributed by atoms with Crippen molar-refractivity contribution in [2.24, 2.45) is 0 Å². The van der Waals surface area contributed by atoms with Crippen LogP contribution in [0.25, 0.3) is 11.0 Å². The van der Waals surface area contributed by atoms with Crippen LogP contribution >= 0.6 is 0 Å². The molecule has 6 nitrogen and oxygen atoms in total. The van der Waals surface area contributed by atoms with E-state index in [1.807, 2.05) is 68.4 Å². The summed E-state index contributed by atoms with van der Waals surface area (Å²) in [4.78, 5) is 30.9. The van der Waals surface area contributed by atoms with Gasteiger partial charge in [-0.3, -0.25) is 9.59 Å². The minimum absolute atomic E-state index is 0.0316. The van der Waals surface area contributed by atoms with E-state index in [2.05, 4.69) is 10.3 Å². The van der Waals surface area contributed by atoms with Crippen LogP contribution in [0, 0.1) is 0 Å². The van der Waals surface area contributed by atoms with Crippen LogP contribution in [0.5, 0.6) is 0 Å². The Balaban J connectivity index is 2.34. The van der Waals surface area contributed by atoms with Crippen LogP contribution in [0.3, 0.4) is 0 Å². The summed E-state index contributed by atoms with van der Waals surface area (Å²) in [6, 6.07) is 7.99. The van der Waals surface area contributed by atoms with Gasteiger partial charge in [-0.25, -0.2) is 4.98 Å². The van der Waals surface area contributed by atoms with Gasteiger partial charge < -0.3 is 14.8 Å². The van der Waals surface area contributed by atoms with Crippen LogP contribution in [-0.4, -0.2) is 38.3 Å². The smallest absolute Gasteiger partial charge is 0.243 e. The van der Waals surface area contributed by atoms with Gasteiger partial charge in [-0.1, -0.05) is 19.1 Å². The molecule has 25 heavy (non-hydrogen) atoms. The van der Waals surface area contributed by atoms with Gasteiger partial charge in [-0.15, -0.1) is 0 Å². The number of carbonyl (C=O) groups is 2. The molecule has 1 heterocycles. The summed E-state index contributed by atoms with van der Waals surface area (Å²) in [6.07, 6.45) is 0.424. The topological polar surface area (TPSA) is 67.2 Å². The Morgan fingerprint density at radius 1 is 1.16 bits per heavy atom. The number of carbonyl (C=O) groups excluding carboxylic acids is 2. The molecule has 2 aromatic rings. The Morgan fingerprint density at radius 2 is 1.80 bits per heavy atom. The number of fused-ring (bicyclic) bond motifs is 1. The molecular formula is C19H28N4O2. The zero-order valence-corrected chi connectivity index (χ0v) is 15.7. The summed E-state index contributed by atoms with van der Waals surface area (Å²) in [5.41, 5.74) is 1.74. The first-order chi connectivity index (χ1) is 11.8. The molecule has 2 rings (SSSR count). The molecule has 0 saturated heterocycles. The van der Waals surface area contributed by atoms with Gasteiger partial charge in [0.15, 0.2) is 0 Å². The van der Waals surface area contributed by atoms with Gasteiger partial charge in [0.2, 0.25) is 11.8 Å². The van der Waals surface area contributed by atoms with Gasteiger partial charge in [0, 0.05) is 18.5 Å². The van der Waals surface area contributed by atoms with Crippen LogP contribution < -0.4 is 5.32 Å². The van der Waals surface area contributed by atoms with E-state index in [0.717, 1.165) is 11.0 Å². The van der Waals surface area contributed by atoms with Gasteiger partial charge >= 0.3 is 0 Å². The molecule has 1 aromatic heterocycles. The summed E-state index contributed by atoms with van der Waals surface area (Å²) < 4.78 is 1.91. The lowest BCUT2D eigenvalue weighted by atomic mass is 10.2. The van der Waals surface area contributed by atoms with Crippen LogP contribution in [0.4, 0.5) is 0 Å². The Morgan fingerprint density at radius 3 is 2.40 bits per heavy atom. The summed E-state index contributed by atoms with van der Waals surface area (Å²) in [6.45, 7) is 10.4. The Labute approximate surface area is 149 Å². The van der Waals surface area contributed by atoms with E-state index in [-0.39, 0.29) is 30.4 Å². The van der Waals surface area contributed by atoms with Crippen molar-refractivity contribution in [2.75, 3.05) is 0 Å². The minimum Gasteiger partial charge on any atom is -0.349 e. The summed E-state index contributed by atoms with van der Waals surface area (Å²) in [7, 11) is 0. The van der Waals surface area contributed by atoms with Gasteiger partial charge in [-0.2, -0.15) is 0 Å². The number of rotatable bonds is 7. The fourth-order valence-corrected chi connectivity index (χ4v) is 3.13. The lowest BCUT2D eigenvalue weighted by Gasteiger charge is -2.31. The molecule has 0 atom stereocenters. The zero-order chi connectivity index (χ0) is 18.6. The lowest BCUT2D eigenvalue weighted by molar-refractivity contribution is -0.135. The number of imidazole rings is 1. The molecule has 0 fully saturated rings. The van der Waals surface area contributed by atoms with Gasteiger partial charge in [0.05, 0.1) is 17.6 Å². The quantitative estimate of drug-likeness (QED) is 0.840. The lowest BCUT2D eigenvalue weighted by Crippen LogP contribution is -2.44. The average Bonchev–Trinajstić information content (AvgIpc) is 2.89. The molecule has 0 saturated carbocycles. The van der Waals surface area contributed by atoms with E-state index < -0.39 is 0 Å². The first-order valence-corrected chi connectivity index (χ1v) is 8.87. The normalized spacial score (nSPS) is 11.3. The predicted molar refractivity (Wildman–Crippen MR) is 99.0 cm³/mol. The number of nitrogens with zero attached hydrogens (tertiary/aromatic N) is 3. The third kappa shape index (κ3) is 4.38. The number of para-hydroxylation sites is 2. The number of hydrogen-bond acceptors (Lipinski definition) is 3. The minimum atomic E-state index is -0.0316. The Kier molecular flexibility index (Phi) is 6.17. The highest BCUT2D eigenvalue weighted by Crippen LogP contribution is 2.17. The number of hydrogen-bond donors (Lipinski definition) is 1. The molecule has 1 aromatic carbocycles. The molecule has 0 aliphatic carbocycles. The largest absolute Gasteiger partial charge is 0.349 e. The second kappa shape index (κ2) is 8.14. The van der Waals surface area contributed by atoms with E-state index in [4.69, 9.17) is 0 Å². The first kappa shape index (κ1) is 19.0. The first-order valence-electron chi connectivity index (χ1n) is 8.87. The summed E-state index contributed by atoms with van der Waals surface area (Å²) in [5, 5.41) is 2.85. The number of amides is 2. The molecule has 2 amide bonds. The van der Waals surface area contributed by atoms with E-state index in [9.17, 15) is 9.59 Å². The molecule has 6 heteroatoms. The number of aromatic nitrogens is 2. The summed E-state index contributed by atoms with van der Waals surface area (Å²) in [5.74, 6) is 0.718. The molecular weight excluding hydrogens is 316 g/mol. The van der Waals surface area contributed by atoms with Gasteiger partial charge in [0.25, 0.3) is 0 Å². The van der Waals surface area contributed by atoms with Crippen LogP contribution in [0.15, 0.2) is 24.3 Å². The predicted octanol–water partition coefficient (Wildman–Crippen LogP) is 2.71. The van der Waals surface area contributed by atoms with Crippen molar-refractivity contribution in [1.29, 1.82) is 0 Å². The van der Waals surface area contributed by atoms with E-state index >= 15 is 0 Å². The second-order valence-electron chi connectivity index (χ2n) is 6.72. The Bertz CT molecular complexity index is 741. The molecule has 0 aliphatic heterocycles. The fraction of sp³-hybridized carbons (Fsp3) is 0.526. The standard InChI is InChI=1S/C19H28N4O2/c1-6-18(24)20-11-17-21-15-9-7-8-10-16(15)22(17)12-19(25)23(13(2)3)14(4)5/h7-10,13-14H,6,11-12H2,1-5H3,(H,20,24). The zero-order valence-electron chi connectivity index (χ0n) is 15.7. The fourth-order valence-electron chi connectivity index (χ4n) is 3.13. The maximum Gasteiger partial charge on any atom is 0.243 e. The molecule has 1 N–H and O–H groups in total. The van der Waals surface area contributed by atoms with E-state index in [0.29, 0.717) is 18.8 Å². The monoisotopic (exact) mass is 344 g/mol. The molecule has 0 aliphatic rings. The van der Waals surface area contributed by atoms with Crippen molar-refractivity contribution in [3.05, 3.63) is 30.1 Å². The maximum atomic E-state index is 12.9. The van der Waals surface area contributed by atoms with Crippen molar-refractivity contribution < 1.29 is 9.59 Å². The second-order valence-corrected chi connectivity index (χ2v) is 6.72. The van der Waals surface area contributed by atoms with Crippen molar-refractivity contribution in [3.63, 3.8) is 0 Å². The molecule has 0 spiro atoms. The van der Waals surface area contributed by atoms with Gasteiger partial charge in [-0.05, 0) is 39.8 Å². The third-order valence-corrected chi connectivity index (χ3v) is 4.19. The molecule has 0 radical (unpaired) electrons. The van der Waals surface area contributed by atoms with E-state index in [1.54, 1.807) is 0 Å². The SMILES string of the molecule is CCC(=O)NCc1nc2ccccc2n1CC(=O)N(C(C)C)C(C)C. The maximum absolute atomic E-state index is 12.9. The van der Waals surface area contributed by atoms with Crippen LogP contribution in [0.1, 0.15) is 46.9 Å².